The first-order chi connectivity index (χ1) is 12.0. The van der Waals surface area contributed by atoms with Crippen LogP contribution in [0.4, 0.5) is 0 Å². The van der Waals surface area contributed by atoms with Crippen molar-refractivity contribution < 1.29 is 14.6 Å². The largest absolute Gasteiger partial charge is 0.494 e. The van der Waals surface area contributed by atoms with Crippen molar-refractivity contribution in [1.29, 1.82) is 0 Å². The number of carbonyl (C=O) groups is 1. The molecule has 0 heterocycles. The molecule has 0 fully saturated rings. The number of hydrogen-bond donors (Lipinski definition) is 2. The summed E-state index contributed by atoms with van der Waals surface area (Å²) in [6.07, 6.45) is 3.74. The van der Waals surface area contributed by atoms with Gasteiger partial charge >= 0.3 is 0 Å². The third-order valence-corrected chi connectivity index (χ3v) is 4.12. The molecule has 2 N–H and O–H groups in total. The van der Waals surface area contributed by atoms with E-state index in [1.807, 2.05) is 25.1 Å². The van der Waals surface area contributed by atoms with Crippen LogP contribution in [0.5, 0.6) is 5.75 Å². The number of nitrogens with one attached hydrogen (secondary N) is 1. The second-order valence-electron chi connectivity index (χ2n) is 6.62. The van der Waals surface area contributed by atoms with E-state index in [-0.39, 0.29) is 5.91 Å². The Morgan fingerprint density at radius 1 is 1.28 bits per heavy atom. The van der Waals surface area contributed by atoms with Crippen molar-refractivity contribution in [3.8, 4) is 5.75 Å². The molecule has 1 aromatic rings. The first-order valence-corrected chi connectivity index (χ1v) is 9.33. The predicted molar refractivity (Wildman–Crippen MR) is 102 cm³/mol. The summed E-state index contributed by atoms with van der Waals surface area (Å²) >= 11 is 0. The average molecular weight is 351 g/mol. The van der Waals surface area contributed by atoms with Gasteiger partial charge in [-0.1, -0.05) is 38.8 Å². The summed E-state index contributed by atoms with van der Waals surface area (Å²) in [5.74, 6) is 0.801. The lowest BCUT2D eigenvalue weighted by Crippen LogP contribution is -2.51. The summed E-state index contributed by atoms with van der Waals surface area (Å²) in [6.45, 7) is 5.51. The van der Waals surface area contributed by atoms with Gasteiger partial charge in [0.1, 0.15) is 11.8 Å². The Kier molecular flexibility index (Phi) is 10.2. The molecule has 0 spiro atoms. The van der Waals surface area contributed by atoms with E-state index in [1.54, 1.807) is 14.1 Å². The van der Waals surface area contributed by atoms with Crippen LogP contribution < -0.4 is 10.1 Å². The second-order valence-corrected chi connectivity index (χ2v) is 6.62. The SMILES string of the molecule is CCCCOc1cccc(CCNC(C(=O)N(C)C)C(O)CCC)c1. The smallest absolute Gasteiger partial charge is 0.241 e. The zero-order valence-corrected chi connectivity index (χ0v) is 16.1. The normalized spacial score (nSPS) is 13.3. The Morgan fingerprint density at radius 2 is 2.04 bits per heavy atom. The van der Waals surface area contributed by atoms with Gasteiger partial charge in [0.05, 0.1) is 12.7 Å². The van der Waals surface area contributed by atoms with Crippen LogP contribution in [-0.4, -0.2) is 55.3 Å². The lowest BCUT2D eigenvalue weighted by Gasteiger charge is -2.26. The molecule has 5 heteroatoms. The number of benzene rings is 1. The number of rotatable bonds is 12. The van der Waals surface area contributed by atoms with E-state index >= 15 is 0 Å². The number of unbranched alkanes of at least 4 members (excludes halogenated alkanes) is 1. The first kappa shape index (κ1) is 21.5. The molecule has 25 heavy (non-hydrogen) atoms. The lowest BCUT2D eigenvalue weighted by atomic mass is 10.0. The Hall–Kier alpha value is -1.59. The monoisotopic (exact) mass is 350 g/mol. The number of ether oxygens (including phenoxy) is 1. The van der Waals surface area contributed by atoms with E-state index in [9.17, 15) is 9.90 Å². The van der Waals surface area contributed by atoms with Crippen LogP contribution in [0.1, 0.15) is 45.1 Å². The Balaban J connectivity index is 2.57. The van der Waals surface area contributed by atoms with E-state index in [4.69, 9.17) is 4.74 Å². The van der Waals surface area contributed by atoms with Crippen LogP contribution in [0.15, 0.2) is 24.3 Å². The van der Waals surface area contributed by atoms with E-state index in [0.717, 1.165) is 43.6 Å². The topological polar surface area (TPSA) is 61.8 Å². The lowest BCUT2D eigenvalue weighted by molar-refractivity contribution is -0.133. The number of amides is 1. The molecule has 142 valence electrons. The Morgan fingerprint density at radius 3 is 2.68 bits per heavy atom. The van der Waals surface area contributed by atoms with Gasteiger partial charge in [0.2, 0.25) is 5.91 Å². The van der Waals surface area contributed by atoms with E-state index < -0.39 is 12.1 Å². The fourth-order valence-electron chi connectivity index (χ4n) is 2.63. The average Bonchev–Trinajstić information content (AvgIpc) is 2.59. The van der Waals surface area contributed by atoms with Gasteiger partial charge in [-0.25, -0.2) is 0 Å². The van der Waals surface area contributed by atoms with Gasteiger partial charge in [-0.05, 0) is 37.0 Å². The fraction of sp³-hybridized carbons (Fsp3) is 0.650. The minimum Gasteiger partial charge on any atom is -0.494 e. The maximum absolute atomic E-state index is 12.3. The molecule has 5 nitrogen and oxygen atoms in total. The highest BCUT2D eigenvalue weighted by molar-refractivity contribution is 5.82. The zero-order valence-electron chi connectivity index (χ0n) is 16.1. The number of aliphatic hydroxyl groups is 1. The molecule has 0 radical (unpaired) electrons. The molecule has 0 aliphatic carbocycles. The van der Waals surface area contributed by atoms with Gasteiger partial charge in [0.25, 0.3) is 0 Å². The highest BCUT2D eigenvalue weighted by Crippen LogP contribution is 2.14. The third kappa shape index (κ3) is 7.88. The van der Waals surface area contributed by atoms with Crippen LogP contribution in [0.3, 0.4) is 0 Å². The molecule has 1 aromatic carbocycles. The van der Waals surface area contributed by atoms with Crippen molar-refractivity contribution in [3.63, 3.8) is 0 Å². The van der Waals surface area contributed by atoms with E-state index in [2.05, 4.69) is 18.3 Å². The summed E-state index contributed by atoms with van der Waals surface area (Å²) in [4.78, 5) is 13.8. The molecule has 2 atom stereocenters. The fourth-order valence-corrected chi connectivity index (χ4v) is 2.63. The number of aliphatic hydroxyl groups excluding tert-OH is 1. The third-order valence-electron chi connectivity index (χ3n) is 4.12. The van der Waals surface area contributed by atoms with Crippen LogP contribution in [0.25, 0.3) is 0 Å². The molecular weight excluding hydrogens is 316 g/mol. The minimum atomic E-state index is -0.663. The number of likely N-dealkylation sites (N-methyl/N-ethyl adjacent to an activating group) is 1. The molecule has 2 unspecified atom stereocenters. The molecular formula is C20H34N2O3. The van der Waals surface area contributed by atoms with E-state index in [1.165, 1.54) is 4.90 Å². The molecule has 1 amide bonds. The molecule has 0 bridgehead atoms. The zero-order chi connectivity index (χ0) is 18.7. The van der Waals surface area contributed by atoms with E-state index in [0.29, 0.717) is 13.0 Å². The maximum Gasteiger partial charge on any atom is 0.241 e. The van der Waals surface area contributed by atoms with Crippen LogP contribution >= 0.6 is 0 Å². The molecule has 0 aliphatic heterocycles. The summed E-state index contributed by atoms with van der Waals surface area (Å²) in [5, 5.41) is 13.5. The van der Waals surface area contributed by atoms with Crippen molar-refractivity contribution in [3.05, 3.63) is 29.8 Å². The number of carbonyl (C=O) groups excluding carboxylic acids is 1. The van der Waals surface area contributed by atoms with Gasteiger partial charge in [-0.15, -0.1) is 0 Å². The van der Waals surface area contributed by atoms with Gasteiger partial charge in [0.15, 0.2) is 0 Å². The van der Waals surface area contributed by atoms with Crippen molar-refractivity contribution in [1.82, 2.24) is 10.2 Å². The Labute approximate surface area is 152 Å². The highest BCUT2D eigenvalue weighted by Gasteiger charge is 2.26. The Bertz CT molecular complexity index is 505. The summed E-state index contributed by atoms with van der Waals surface area (Å²) in [6, 6.07) is 7.50. The molecule has 0 saturated carbocycles. The van der Waals surface area contributed by atoms with Crippen molar-refractivity contribution in [2.45, 2.75) is 58.1 Å². The van der Waals surface area contributed by atoms with Crippen molar-refractivity contribution >= 4 is 5.91 Å². The van der Waals surface area contributed by atoms with Gasteiger partial charge < -0.3 is 20.1 Å². The minimum absolute atomic E-state index is 0.0856. The molecule has 0 aliphatic rings. The van der Waals surface area contributed by atoms with Gasteiger partial charge in [0, 0.05) is 20.6 Å². The molecule has 0 saturated heterocycles. The molecule has 1 rings (SSSR count). The predicted octanol–water partition coefficient (Wildman–Crippen LogP) is 2.62. The summed E-state index contributed by atoms with van der Waals surface area (Å²) < 4.78 is 5.73. The van der Waals surface area contributed by atoms with Crippen molar-refractivity contribution in [2.24, 2.45) is 0 Å². The first-order valence-electron chi connectivity index (χ1n) is 9.33. The molecule has 0 aromatic heterocycles. The van der Waals surface area contributed by atoms with Crippen LogP contribution in [0, 0.1) is 0 Å². The summed E-state index contributed by atoms with van der Waals surface area (Å²) in [5.41, 5.74) is 1.16. The quantitative estimate of drug-likeness (QED) is 0.569. The van der Waals surface area contributed by atoms with Crippen molar-refractivity contribution in [2.75, 3.05) is 27.2 Å². The van der Waals surface area contributed by atoms with Crippen LogP contribution in [0.2, 0.25) is 0 Å². The second kappa shape index (κ2) is 11.9. The van der Waals surface area contributed by atoms with Gasteiger partial charge in [-0.3, -0.25) is 4.79 Å². The number of hydrogen-bond acceptors (Lipinski definition) is 4. The van der Waals surface area contributed by atoms with Gasteiger partial charge in [-0.2, -0.15) is 0 Å². The standard InChI is InChI=1S/C20H34N2O3/c1-5-7-14-25-17-11-8-10-16(15-17)12-13-21-19(18(23)9-6-2)20(24)22(3)4/h8,10-11,15,18-19,21,23H,5-7,9,12-14H2,1-4H3. The number of nitrogens with zero attached hydrogens (tertiary/aromatic N) is 1. The highest BCUT2D eigenvalue weighted by atomic mass is 16.5. The maximum atomic E-state index is 12.3. The summed E-state index contributed by atoms with van der Waals surface area (Å²) in [7, 11) is 3.43. The van der Waals surface area contributed by atoms with Crippen LogP contribution in [-0.2, 0) is 11.2 Å².